The van der Waals surface area contributed by atoms with Gasteiger partial charge in [-0.3, -0.25) is 4.79 Å². The lowest BCUT2D eigenvalue weighted by atomic mass is 10.1. The Hall–Kier alpha value is -1.41. The van der Waals surface area contributed by atoms with Crippen molar-refractivity contribution < 1.29 is 9.90 Å². The second-order valence-electron chi connectivity index (χ2n) is 2.71. The van der Waals surface area contributed by atoms with Crippen LogP contribution in [0.2, 0.25) is 0 Å². The fraction of sp³-hybridized carbons (Fsp3) is 0.182. The molecule has 0 aliphatic rings. The minimum atomic E-state index is 0.170. The molecule has 2 nitrogen and oxygen atoms in total. The molecule has 0 unspecified atom stereocenters. The SMILES string of the molecule is O=CC=Cc1ccc(CCO)cc1. The number of aliphatic hydroxyl groups is 1. The van der Waals surface area contributed by atoms with Crippen molar-refractivity contribution in [2.75, 3.05) is 6.61 Å². The van der Waals surface area contributed by atoms with Crippen molar-refractivity contribution in [3.05, 3.63) is 41.5 Å². The normalized spacial score (nSPS) is 10.5. The molecule has 0 aliphatic heterocycles. The molecule has 0 aliphatic carbocycles. The van der Waals surface area contributed by atoms with E-state index in [0.29, 0.717) is 6.42 Å². The zero-order chi connectivity index (χ0) is 9.52. The fourth-order valence-electron chi connectivity index (χ4n) is 1.07. The van der Waals surface area contributed by atoms with Crippen LogP contribution in [0.3, 0.4) is 0 Å². The minimum absolute atomic E-state index is 0.170. The summed E-state index contributed by atoms with van der Waals surface area (Å²) in [7, 11) is 0. The Morgan fingerprint density at radius 2 is 1.92 bits per heavy atom. The van der Waals surface area contributed by atoms with Crippen molar-refractivity contribution in [3.8, 4) is 0 Å². The largest absolute Gasteiger partial charge is 0.396 e. The molecule has 1 rings (SSSR count). The monoisotopic (exact) mass is 176 g/mol. The predicted molar refractivity (Wildman–Crippen MR) is 52.3 cm³/mol. The first-order valence-electron chi connectivity index (χ1n) is 4.18. The zero-order valence-electron chi connectivity index (χ0n) is 7.31. The molecule has 13 heavy (non-hydrogen) atoms. The highest BCUT2D eigenvalue weighted by atomic mass is 16.2. The van der Waals surface area contributed by atoms with Gasteiger partial charge in [-0.05, 0) is 23.6 Å². The molecule has 0 amide bonds. The van der Waals surface area contributed by atoms with Crippen LogP contribution in [0.4, 0.5) is 0 Å². The highest BCUT2D eigenvalue weighted by Crippen LogP contribution is 2.06. The molecule has 1 N–H and O–H groups in total. The number of aliphatic hydroxyl groups excluding tert-OH is 1. The maximum Gasteiger partial charge on any atom is 0.142 e. The van der Waals surface area contributed by atoms with Crippen LogP contribution in [-0.4, -0.2) is 18.0 Å². The first-order chi connectivity index (χ1) is 6.36. The van der Waals surface area contributed by atoms with E-state index < -0.39 is 0 Å². The number of allylic oxidation sites excluding steroid dienone is 1. The van der Waals surface area contributed by atoms with Crippen molar-refractivity contribution in [1.29, 1.82) is 0 Å². The lowest BCUT2D eigenvalue weighted by Crippen LogP contribution is -1.89. The van der Waals surface area contributed by atoms with E-state index in [1.165, 1.54) is 6.08 Å². The third-order valence-corrected chi connectivity index (χ3v) is 1.75. The van der Waals surface area contributed by atoms with Gasteiger partial charge in [0.05, 0.1) is 0 Å². The molecule has 1 aromatic rings. The zero-order valence-corrected chi connectivity index (χ0v) is 7.31. The van der Waals surface area contributed by atoms with Crippen LogP contribution in [0.5, 0.6) is 0 Å². The summed E-state index contributed by atoms with van der Waals surface area (Å²) in [5.74, 6) is 0. The molecule has 68 valence electrons. The van der Waals surface area contributed by atoms with E-state index in [2.05, 4.69) is 0 Å². The Balaban J connectivity index is 2.69. The Kier molecular flexibility index (Phi) is 3.93. The van der Waals surface area contributed by atoms with Crippen molar-refractivity contribution in [2.24, 2.45) is 0 Å². The number of carbonyl (C=O) groups excluding carboxylic acids is 1. The average molecular weight is 176 g/mol. The summed E-state index contributed by atoms with van der Waals surface area (Å²) in [6.07, 6.45) is 4.64. The van der Waals surface area contributed by atoms with Gasteiger partial charge in [-0.2, -0.15) is 0 Å². The topological polar surface area (TPSA) is 37.3 Å². The number of rotatable bonds is 4. The van der Waals surface area contributed by atoms with E-state index in [0.717, 1.165) is 17.4 Å². The first kappa shape index (κ1) is 9.68. The summed E-state index contributed by atoms with van der Waals surface area (Å²) >= 11 is 0. The second kappa shape index (κ2) is 5.27. The highest BCUT2D eigenvalue weighted by Gasteiger charge is 1.90. The van der Waals surface area contributed by atoms with Gasteiger partial charge in [-0.1, -0.05) is 30.3 Å². The number of hydrogen-bond acceptors (Lipinski definition) is 2. The quantitative estimate of drug-likeness (QED) is 0.556. The average Bonchev–Trinajstić information content (AvgIpc) is 2.17. The number of hydrogen-bond donors (Lipinski definition) is 1. The molecule has 0 heterocycles. The van der Waals surface area contributed by atoms with Gasteiger partial charge in [-0.25, -0.2) is 0 Å². The van der Waals surface area contributed by atoms with Gasteiger partial charge in [0.2, 0.25) is 0 Å². The molecular formula is C11H12O2. The van der Waals surface area contributed by atoms with Crippen molar-refractivity contribution >= 4 is 12.4 Å². The maximum atomic E-state index is 10.0. The van der Waals surface area contributed by atoms with Gasteiger partial charge in [-0.15, -0.1) is 0 Å². The molecule has 0 bridgehead atoms. The number of carbonyl (C=O) groups is 1. The van der Waals surface area contributed by atoms with Gasteiger partial charge < -0.3 is 5.11 Å². The van der Waals surface area contributed by atoms with E-state index in [1.54, 1.807) is 6.08 Å². The summed E-state index contributed by atoms with van der Waals surface area (Å²) in [6.45, 7) is 0.170. The molecular weight excluding hydrogens is 164 g/mol. The molecule has 2 heteroatoms. The molecule has 0 aromatic heterocycles. The Bertz CT molecular complexity index is 285. The number of benzene rings is 1. The second-order valence-corrected chi connectivity index (χ2v) is 2.71. The van der Waals surface area contributed by atoms with E-state index in [9.17, 15) is 4.79 Å². The van der Waals surface area contributed by atoms with Gasteiger partial charge in [0.15, 0.2) is 0 Å². The van der Waals surface area contributed by atoms with Crippen LogP contribution < -0.4 is 0 Å². The molecule has 0 fully saturated rings. The lowest BCUT2D eigenvalue weighted by molar-refractivity contribution is -0.104. The predicted octanol–water partition coefficient (Wildman–Crippen LogP) is 1.43. The first-order valence-corrected chi connectivity index (χ1v) is 4.18. The van der Waals surface area contributed by atoms with Crippen molar-refractivity contribution in [2.45, 2.75) is 6.42 Å². The lowest BCUT2D eigenvalue weighted by Gasteiger charge is -1.97. The third-order valence-electron chi connectivity index (χ3n) is 1.75. The summed E-state index contributed by atoms with van der Waals surface area (Å²) < 4.78 is 0. The Labute approximate surface area is 77.5 Å². The van der Waals surface area contributed by atoms with Crippen LogP contribution in [0.25, 0.3) is 6.08 Å². The van der Waals surface area contributed by atoms with Crippen LogP contribution in [0, 0.1) is 0 Å². The summed E-state index contributed by atoms with van der Waals surface area (Å²) in [5.41, 5.74) is 2.10. The minimum Gasteiger partial charge on any atom is -0.396 e. The van der Waals surface area contributed by atoms with Crippen LogP contribution in [0.1, 0.15) is 11.1 Å². The van der Waals surface area contributed by atoms with Crippen LogP contribution in [-0.2, 0) is 11.2 Å². The Morgan fingerprint density at radius 3 is 2.46 bits per heavy atom. The van der Waals surface area contributed by atoms with Gasteiger partial charge in [0, 0.05) is 6.61 Å². The van der Waals surface area contributed by atoms with Gasteiger partial charge in [0.1, 0.15) is 6.29 Å². The molecule has 0 atom stereocenters. The molecule has 0 radical (unpaired) electrons. The van der Waals surface area contributed by atoms with Crippen LogP contribution >= 0.6 is 0 Å². The summed E-state index contributed by atoms with van der Waals surface area (Å²) in [5, 5.41) is 8.67. The van der Waals surface area contributed by atoms with Crippen molar-refractivity contribution in [3.63, 3.8) is 0 Å². The van der Waals surface area contributed by atoms with Crippen molar-refractivity contribution in [1.82, 2.24) is 0 Å². The number of aldehydes is 1. The van der Waals surface area contributed by atoms with Crippen LogP contribution in [0.15, 0.2) is 30.3 Å². The van der Waals surface area contributed by atoms with Gasteiger partial charge >= 0.3 is 0 Å². The summed E-state index contributed by atoms with van der Waals surface area (Å²) in [6, 6.07) is 7.73. The van der Waals surface area contributed by atoms with E-state index in [-0.39, 0.29) is 6.61 Å². The van der Waals surface area contributed by atoms with E-state index in [1.807, 2.05) is 24.3 Å². The van der Waals surface area contributed by atoms with E-state index >= 15 is 0 Å². The molecule has 0 spiro atoms. The van der Waals surface area contributed by atoms with E-state index in [4.69, 9.17) is 5.11 Å². The molecule has 1 aromatic carbocycles. The molecule has 0 saturated heterocycles. The maximum absolute atomic E-state index is 10.0. The fourth-order valence-corrected chi connectivity index (χ4v) is 1.07. The molecule has 0 saturated carbocycles. The highest BCUT2D eigenvalue weighted by molar-refractivity contribution is 5.73. The van der Waals surface area contributed by atoms with Gasteiger partial charge in [0.25, 0.3) is 0 Å². The summed E-state index contributed by atoms with van der Waals surface area (Å²) in [4.78, 5) is 10.0. The third kappa shape index (κ3) is 3.22. The standard InChI is InChI=1S/C11H12O2/c12-8-1-2-10-3-5-11(6-4-10)7-9-13/h1-6,8,13H,7,9H2. The smallest absolute Gasteiger partial charge is 0.142 e. The Morgan fingerprint density at radius 1 is 1.23 bits per heavy atom.